The van der Waals surface area contributed by atoms with Crippen molar-refractivity contribution in [1.29, 1.82) is 0 Å². The zero-order valence-corrected chi connectivity index (χ0v) is 15.2. The van der Waals surface area contributed by atoms with E-state index in [1.54, 1.807) is 0 Å². The van der Waals surface area contributed by atoms with E-state index in [2.05, 4.69) is 45.0 Å². The van der Waals surface area contributed by atoms with Crippen LogP contribution in [0.5, 0.6) is 0 Å². The van der Waals surface area contributed by atoms with Crippen LogP contribution >= 0.6 is 11.3 Å². The monoisotopic (exact) mass is 334 g/mol. The van der Waals surface area contributed by atoms with Crippen molar-refractivity contribution in [3.05, 3.63) is 22.4 Å². The van der Waals surface area contributed by atoms with Crippen LogP contribution in [0.1, 0.15) is 43.4 Å². The van der Waals surface area contributed by atoms with Crippen molar-refractivity contribution < 1.29 is 0 Å². The molecule has 128 valence electrons. The Bertz CT molecular complexity index is 491. The lowest BCUT2D eigenvalue weighted by molar-refractivity contribution is 0.256. The van der Waals surface area contributed by atoms with Crippen LogP contribution in [0.4, 0.5) is 0 Å². The average Bonchev–Trinajstić information content (AvgIpc) is 3.49. The van der Waals surface area contributed by atoms with E-state index < -0.39 is 0 Å². The summed E-state index contributed by atoms with van der Waals surface area (Å²) < 4.78 is 0. The van der Waals surface area contributed by atoms with Crippen molar-refractivity contribution in [3.8, 4) is 0 Å². The van der Waals surface area contributed by atoms with Gasteiger partial charge in [0.1, 0.15) is 0 Å². The van der Waals surface area contributed by atoms with Gasteiger partial charge in [-0.1, -0.05) is 13.0 Å². The third-order valence-corrected chi connectivity index (χ3v) is 5.88. The van der Waals surface area contributed by atoms with Crippen LogP contribution < -0.4 is 10.6 Å². The maximum Gasteiger partial charge on any atom is 0.191 e. The second kappa shape index (κ2) is 8.15. The molecule has 1 aromatic rings. The van der Waals surface area contributed by atoms with E-state index in [-0.39, 0.29) is 0 Å². The Kier molecular flexibility index (Phi) is 5.95. The highest BCUT2D eigenvalue weighted by Crippen LogP contribution is 2.34. The van der Waals surface area contributed by atoms with Gasteiger partial charge in [-0.3, -0.25) is 9.89 Å². The molecule has 4 nitrogen and oxygen atoms in total. The van der Waals surface area contributed by atoms with Gasteiger partial charge >= 0.3 is 0 Å². The lowest BCUT2D eigenvalue weighted by Crippen LogP contribution is -2.43. The van der Waals surface area contributed by atoms with Crippen molar-refractivity contribution in [2.24, 2.45) is 10.9 Å². The van der Waals surface area contributed by atoms with Gasteiger partial charge in [-0.25, -0.2) is 0 Å². The molecule has 1 aromatic heterocycles. The molecule has 1 atom stereocenters. The zero-order valence-electron chi connectivity index (χ0n) is 14.4. The van der Waals surface area contributed by atoms with E-state index >= 15 is 0 Å². The highest BCUT2D eigenvalue weighted by Gasteiger charge is 2.33. The molecule has 1 heterocycles. The number of nitrogens with zero attached hydrogens (tertiary/aromatic N) is 2. The molecular formula is C18H30N4S. The normalized spacial score (nSPS) is 19.9. The standard InChI is InChI=1S/C18H30N4S/c1-14(17-4-3-11-23-17)12-21-18(19-2)20-9-10-22(16-7-8-16)13-15-5-6-15/h3-4,11,14-16H,5-10,12-13H2,1-2H3,(H2,19,20,21). The topological polar surface area (TPSA) is 39.7 Å². The maximum atomic E-state index is 4.35. The average molecular weight is 335 g/mol. The van der Waals surface area contributed by atoms with Crippen LogP contribution in [-0.4, -0.2) is 50.1 Å². The third-order valence-electron chi connectivity index (χ3n) is 4.77. The van der Waals surface area contributed by atoms with Crippen molar-refractivity contribution in [2.45, 2.75) is 44.6 Å². The maximum absolute atomic E-state index is 4.35. The van der Waals surface area contributed by atoms with Crippen LogP contribution in [0, 0.1) is 5.92 Å². The minimum atomic E-state index is 0.520. The Hall–Kier alpha value is -1.07. The first-order valence-corrected chi connectivity index (χ1v) is 9.86. The summed E-state index contributed by atoms with van der Waals surface area (Å²) in [6, 6.07) is 5.19. The molecule has 0 bridgehead atoms. The minimum absolute atomic E-state index is 0.520. The van der Waals surface area contributed by atoms with Crippen molar-refractivity contribution in [3.63, 3.8) is 0 Å². The van der Waals surface area contributed by atoms with E-state index in [4.69, 9.17) is 0 Å². The Morgan fingerprint density at radius 1 is 1.35 bits per heavy atom. The van der Waals surface area contributed by atoms with Gasteiger partial charge in [0.15, 0.2) is 5.96 Å². The summed E-state index contributed by atoms with van der Waals surface area (Å²) in [6.07, 6.45) is 5.69. The fourth-order valence-electron chi connectivity index (χ4n) is 2.96. The lowest BCUT2D eigenvalue weighted by Gasteiger charge is -2.23. The predicted octanol–water partition coefficient (Wildman–Crippen LogP) is 2.89. The van der Waals surface area contributed by atoms with Gasteiger partial charge in [0, 0.05) is 50.1 Å². The molecule has 0 spiro atoms. The fraction of sp³-hybridized carbons (Fsp3) is 0.722. The summed E-state index contributed by atoms with van der Waals surface area (Å²) in [5, 5.41) is 9.08. The minimum Gasteiger partial charge on any atom is -0.356 e. The predicted molar refractivity (Wildman–Crippen MR) is 99.4 cm³/mol. The molecule has 2 saturated carbocycles. The van der Waals surface area contributed by atoms with E-state index in [1.165, 1.54) is 37.1 Å². The molecule has 2 fully saturated rings. The van der Waals surface area contributed by atoms with Crippen molar-refractivity contribution in [2.75, 3.05) is 33.2 Å². The quantitative estimate of drug-likeness (QED) is 0.539. The number of rotatable bonds is 9. The molecule has 0 aromatic carbocycles. The lowest BCUT2D eigenvalue weighted by atomic mass is 10.1. The molecule has 2 aliphatic carbocycles. The summed E-state index contributed by atoms with van der Waals surface area (Å²) in [5.74, 6) is 2.43. The highest BCUT2D eigenvalue weighted by atomic mass is 32.1. The van der Waals surface area contributed by atoms with Crippen LogP contribution in [0.3, 0.4) is 0 Å². The second-order valence-corrected chi connectivity index (χ2v) is 7.95. The molecular weight excluding hydrogens is 304 g/mol. The Labute approximate surface area is 144 Å². The molecule has 1 unspecified atom stereocenters. The molecule has 5 heteroatoms. The summed E-state index contributed by atoms with van der Waals surface area (Å²) in [7, 11) is 1.86. The third kappa shape index (κ3) is 5.50. The first-order chi connectivity index (χ1) is 11.3. The van der Waals surface area contributed by atoms with E-state index in [1.807, 2.05) is 18.4 Å². The van der Waals surface area contributed by atoms with Crippen LogP contribution in [0.25, 0.3) is 0 Å². The van der Waals surface area contributed by atoms with Crippen LogP contribution in [-0.2, 0) is 0 Å². The Morgan fingerprint density at radius 2 is 2.17 bits per heavy atom. The Morgan fingerprint density at radius 3 is 2.78 bits per heavy atom. The van der Waals surface area contributed by atoms with Gasteiger partial charge < -0.3 is 10.6 Å². The summed E-state index contributed by atoms with van der Waals surface area (Å²) in [5.41, 5.74) is 0. The SMILES string of the molecule is CN=C(NCCN(CC1CC1)C1CC1)NCC(C)c1cccs1. The van der Waals surface area contributed by atoms with E-state index in [9.17, 15) is 0 Å². The van der Waals surface area contributed by atoms with E-state index in [0.29, 0.717) is 5.92 Å². The smallest absolute Gasteiger partial charge is 0.191 e. The summed E-state index contributed by atoms with van der Waals surface area (Å²) >= 11 is 1.83. The first-order valence-electron chi connectivity index (χ1n) is 8.98. The van der Waals surface area contributed by atoms with Gasteiger partial charge in [0.2, 0.25) is 0 Å². The van der Waals surface area contributed by atoms with Crippen LogP contribution in [0.2, 0.25) is 0 Å². The number of hydrogen-bond donors (Lipinski definition) is 2. The summed E-state index contributed by atoms with van der Waals surface area (Å²) in [4.78, 5) is 8.47. The van der Waals surface area contributed by atoms with Gasteiger partial charge in [0.05, 0.1) is 0 Å². The van der Waals surface area contributed by atoms with Gasteiger partial charge in [-0.05, 0) is 43.0 Å². The largest absolute Gasteiger partial charge is 0.356 e. The van der Waals surface area contributed by atoms with Gasteiger partial charge in [0.25, 0.3) is 0 Å². The number of hydrogen-bond acceptors (Lipinski definition) is 3. The number of nitrogens with one attached hydrogen (secondary N) is 2. The molecule has 2 N–H and O–H groups in total. The number of guanidine groups is 1. The Balaban J connectivity index is 1.35. The second-order valence-electron chi connectivity index (χ2n) is 6.97. The molecule has 0 aliphatic heterocycles. The van der Waals surface area contributed by atoms with Crippen molar-refractivity contribution >= 4 is 17.3 Å². The zero-order chi connectivity index (χ0) is 16.1. The first kappa shape index (κ1) is 16.8. The van der Waals surface area contributed by atoms with Crippen LogP contribution in [0.15, 0.2) is 22.5 Å². The molecule has 0 saturated heterocycles. The van der Waals surface area contributed by atoms with Gasteiger partial charge in [-0.2, -0.15) is 0 Å². The highest BCUT2D eigenvalue weighted by molar-refractivity contribution is 7.10. The molecule has 3 rings (SSSR count). The summed E-state index contributed by atoms with van der Waals surface area (Å²) in [6.45, 7) is 6.62. The molecule has 2 aliphatic rings. The molecule has 0 radical (unpaired) electrons. The fourth-order valence-corrected chi connectivity index (χ4v) is 3.74. The molecule has 23 heavy (non-hydrogen) atoms. The van der Waals surface area contributed by atoms with E-state index in [0.717, 1.165) is 37.6 Å². The number of thiophene rings is 1. The van der Waals surface area contributed by atoms with Gasteiger partial charge in [-0.15, -0.1) is 11.3 Å². The molecule has 0 amide bonds. The van der Waals surface area contributed by atoms with Crippen molar-refractivity contribution in [1.82, 2.24) is 15.5 Å². The number of aliphatic imine (C=N–C) groups is 1.